The number of aromatic nitrogens is 4. The van der Waals surface area contributed by atoms with Gasteiger partial charge in [0.05, 0.1) is 25.5 Å². The number of rotatable bonds is 13. The van der Waals surface area contributed by atoms with E-state index in [9.17, 15) is 22.8 Å². The lowest BCUT2D eigenvalue weighted by Crippen LogP contribution is -2.19. The zero-order chi connectivity index (χ0) is 25.6. The number of thioether (sulfide) groups is 2. The average Bonchev–Trinajstić information content (AvgIpc) is 3.39. The molecule has 3 rings (SSSR count). The van der Waals surface area contributed by atoms with E-state index in [0.717, 1.165) is 17.5 Å². The Hall–Kier alpha value is -1.13. The Labute approximate surface area is 208 Å². The largest absolute Gasteiger partial charge is 0.474 e. The smallest absolute Gasteiger partial charge is 0.388 e. The molecule has 2 N–H and O–H groups in total. The highest BCUT2D eigenvalue weighted by molar-refractivity contribution is 7.99. The maximum absolute atomic E-state index is 12.6. The van der Waals surface area contributed by atoms with E-state index in [2.05, 4.69) is 20.3 Å². The van der Waals surface area contributed by atoms with Crippen molar-refractivity contribution in [3.63, 3.8) is 0 Å². The number of aliphatic hydroxyl groups excluding tert-OH is 1. The summed E-state index contributed by atoms with van der Waals surface area (Å²) >= 11 is 2.49. The molecule has 1 aliphatic heterocycles. The number of imidazole rings is 1. The SMILES string of the molecule is COP(=O)(OC)OC[C@@H]1C[C@@H](O)[C@H](n2cnc3c(NCCSC)nc(SCCC(F)(F)F)nc32)O1. The second kappa shape index (κ2) is 12.4. The average molecular weight is 562 g/mol. The third-order valence-electron chi connectivity index (χ3n) is 4.92. The number of alkyl halides is 3. The molecule has 0 bridgehead atoms. The molecule has 35 heavy (non-hydrogen) atoms. The van der Waals surface area contributed by atoms with E-state index < -0.39 is 38.9 Å². The van der Waals surface area contributed by atoms with Gasteiger partial charge in [0.1, 0.15) is 6.10 Å². The summed E-state index contributed by atoms with van der Waals surface area (Å²) in [6.45, 7) is 0.405. The molecule has 1 saturated heterocycles. The van der Waals surface area contributed by atoms with Crippen molar-refractivity contribution in [1.82, 2.24) is 19.5 Å². The highest BCUT2D eigenvalue weighted by atomic mass is 32.2. The molecule has 0 aromatic carbocycles. The molecular weight excluding hydrogens is 534 g/mol. The maximum atomic E-state index is 12.6. The van der Waals surface area contributed by atoms with Crippen molar-refractivity contribution in [3.05, 3.63) is 6.33 Å². The predicted octanol–water partition coefficient (Wildman–Crippen LogP) is 3.71. The summed E-state index contributed by atoms with van der Waals surface area (Å²) in [5, 5.41) is 13.9. The van der Waals surface area contributed by atoms with Crippen LogP contribution in [-0.2, 0) is 22.9 Å². The van der Waals surface area contributed by atoms with E-state index >= 15 is 0 Å². The number of fused-ring (bicyclic) bond motifs is 1. The highest BCUT2D eigenvalue weighted by Gasteiger charge is 2.38. The van der Waals surface area contributed by atoms with Gasteiger partial charge in [-0.05, 0) is 6.26 Å². The summed E-state index contributed by atoms with van der Waals surface area (Å²) in [6.07, 6.45) is -4.24. The molecule has 1 fully saturated rings. The number of nitrogens with zero attached hydrogens (tertiary/aromatic N) is 4. The van der Waals surface area contributed by atoms with Gasteiger partial charge in [-0.25, -0.2) is 19.5 Å². The van der Waals surface area contributed by atoms with Crippen LogP contribution in [0.3, 0.4) is 0 Å². The number of aliphatic hydroxyl groups is 1. The summed E-state index contributed by atoms with van der Waals surface area (Å²) in [5.74, 6) is 0.918. The molecule has 0 aliphatic carbocycles. The molecule has 11 nitrogen and oxygen atoms in total. The molecule has 3 atom stereocenters. The topological polar surface area (TPSA) is 130 Å². The van der Waals surface area contributed by atoms with Crippen molar-refractivity contribution >= 4 is 48.3 Å². The second-order valence-electron chi connectivity index (χ2n) is 7.37. The lowest BCUT2D eigenvalue weighted by Gasteiger charge is -2.18. The molecule has 0 unspecified atom stereocenters. The van der Waals surface area contributed by atoms with Crippen LogP contribution in [0.1, 0.15) is 19.1 Å². The molecule has 0 amide bonds. The fourth-order valence-electron chi connectivity index (χ4n) is 3.24. The fourth-order valence-corrected chi connectivity index (χ4v) is 5.08. The highest BCUT2D eigenvalue weighted by Crippen LogP contribution is 2.48. The van der Waals surface area contributed by atoms with Crippen LogP contribution in [-0.4, -0.2) is 88.1 Å². The normalized spacial score (nSPS) is 21.2. The van der Waals surface area contributed by atoms with Crippen LogP contribution < -0.4 is 5.32 Å². The van der Waals surface area contributed by atoms with Crippen LogP contribution in [0.4, 0.5) is 19.0 Å². The monoisotopic (exact) mass is 561 g/mol. The van der Waals surface area contributed by atoms with Crippen LogP contribution in [0.2, 0.25) is 0 Å². The summed E-state index contributed by atoms with van der Waals surface area (Å²) in [5.41, 5.74) is 0.691. The van der Waals surface area contributed by atoms with Gasteiger partial charge in [0.2, 0.25) is 0 Å². The third kappa shape index (κ3) is 7.68. The summed E-state index contributed by atoms with van der Waals surface area (Å²) in [4.78, 5) is 13.1. The van der Waals surface area contributed by atoms with E-state index in [1.165, 1.54) is 25.1 Å². The van der Waals surface area contributed by atoms with Gasteiger partial charge in [0.25, 0.3) is 0 Å². The second-order valence-corrected chi connectivity index (χ2v) is 11.3. The minimum atomic E-state index is -4.28. The summed E-state index contributed by atoms with van der Waals surface area (Å²) in [7, 11) is -1.35. The van der Waals surface area contributed by atoms with Crippen molar-refractivity contribution in [2.45, 2.75) is 42.6 Å². The first-order valence-corrected chi connectivity index (χ1v) is 14.3. The Kier molecular flexibility index (Phi) is 10.1. The number of phosphoric ester groups is 1. The van der Waals surface area contributed by atoms with Crippen molar-refractivity contribution in [2.75, 3.05) is 50.4 Å². The minimum absolute atomic E-state index is 0.142. The van der Waals surface area contributed by atoms with Gasteiger partial charge < -0.3 is 15.2 Å². The number of hydrogen-bond donors (Lipinski definition) is 2. The Morgan fingerprint density at radius 3 is 2.71 bits per heavy atom. The van der Waals surface area contributed by atoms with Gasteiger partial charge >= 0.3 is 14.0 Å². The zero-order valence-corrected chi connectivity index (χ0v) is 21.8. The Morgan fingerprint density at radius 1 is 1.31 bits per heavy atom. The molecule has 0 radical (unpaired) electrons. The Bertz CT molecular complexity index is 1020. The van der Waals surface area contributed by atoms with Gasteiger partial charge in [-0.2, -0.15) is 24.9 Å². The maximum Gasteiger partial charge on any atom is 0.474 e. The number of ether oxygens (including phenoxy) is 1. The Balaban J connectivity index is 1.82. The van der Waals surface area contributed by atoms with Gasteiger partial charge in [-0.3, -0.25) is 18.1 Å². The predicted molar refractivity (Wildman–Crippen MR) is 126 cm³/mol. The fraction of sp³-hybridized carbons (Fsp3) is 0.722. The molecule has 2 aromatic heterocycles. The van der Waals surface area contributed by atoms with Crippen LogP contribution in [0.15, 0.2) is 11.5 Å². The van der Waals surface area contributed by atoms with Crippen molar-refractivity contribution in [2.24, 2.45) is 0 Å². The summed E-state index contributed by atoms with van der Waals surface area (Å²) < 4.78 is 72.0. The molecule has 1 aliphatic rings. The molecule has 0 saturated carbocycles. The van der Waals surface area contributed by atoms with Crippen LogP contribution in [0.25, 0.3) is 11.2 Å². The molecular formula is C18H27F3N5O6PS2. The molecule has 198 valence electrons. The van der Waals surface area contributed by atoms with E-state index in [4.69, 9.17) is 18.3 Å². The van der Waals surface area contributed by atoms with Crippen molar-refractivity contribution in [1.29, 1.82) is 0 Å². The number of halogens is 3. The quantitative estimate of drug-likeness (QED) is 0.160. The van der Waals surface area contributed by atoms with Crippen molar-refractivity contribution < 1.29 is 41.2 Å². The van der Waals surface area contributed by atoms with Crippen LogP contribution in [0.5, 0.6) is 0 Å². The lowest BCUT2D eigenvalue weighted by molar-refractivity contribution is -0.129. The van der Waals surface area contributed by atoms with Crippen molar-refractivity contribution in [3.8, 4) is 0 Å². The van der Waals surface area contributed by atoms with E-state index in [1.54, 1.807) is 11.8 Å². The third-order valence-corrected chi connectivity index (χ3v) is 7.74. The van der Waals surface area contributed by atoms with Gasteiger partial charge in [0, 0.05) is 38.7 Å². The first kappa shape index (κ1) is 28.4. The molecule has 3 heterocycles. The number of hydrogen-bond acceptors (Lipinski definition) is 12. The van der Waals surface area contributed by atoms with Gasteiger partial charge in [0.15, 0.2) is 28.4 Å². The van der Waals surface area contributed by atoms with Gasteiger partial charge in [-0.15, -0.1) is 0 Å². The number of anilines is 1. The van der Waals surface area contributed by atoms with Gasteiger partial charge in [-0.1, -0.05) is 11.8 Å². The Morgan fingerprint density at radius 2 is 2.06 bits per heavy atom. The standard InChI is InChI=1S/C18H27F3N5O6PS2/c1-29-33(28,30-2)31-9-11-8-12(27)16(32-11)26-10-23-13-14(22-5-7-34-3)24-17(25-15(13)26)35-6-4-18(19,20)21/h10-12,16,27H,4-9H2,1-3H3,(H,22,24,25)/t11-,12+,16+/m0/s1. The molecule has 2 aromatic rings. The lowest BCUT2D eigenvalue weighted by atomic mass is 10.2. The van der Waals surface area contributed by atoms with E-state index in [-0.39, 0.29) is 23.9 Å². The van der Waals surface area contributed by atoms with E-state index in [1.807, 2.05) is 6.26 Å². The zero-order valence-electron chi connectivity index (χ0n) is 19.2. The number of phosphoric acid groups is 1. The van der Waals surface area contributed by atoms with E-state index in [0.29, 0.717) is 23.5 Å². The molecule has 0 spiro atoms. The van der Waals surface area contributed by atoms with Crippen LogP contribution >= 0.6 is 31.3 Å². The van der Waals surface area contributed by atoms with Crippen LogP contribution in [0, 0.1) is 0 Å². The minimum Gasteiger partial charge on any atom is -0.388 e. The first-order valence-electron chi connectivity index (χ1n) is 10.5. The first-order chi connectivity index (χ1) is 16.6. The molecule has 17 heteroatoms. The number of nitrogens with one attached hydrogen (secondary N) is 1. The summed E-state index contributed by atoms with van der Waals surface area (Å²) in [6, 6.07) is 0.